The van der Waals surface area contributed by atoms with Crippen LogP contribution in [0.5, 0.6) is 0 Å². The molecule has 1 aliphatic heterocycles. The van der Waals surface area contributed by atoms with Crippen molar-refractivity contribution in [1.29, 1.82) is 0 Å². The van der Waals surface area contributed by atoms with E-state index >= 15 is 0 Å². The number of anilines is 1. The Kier molecular flexibility index (Phi) is 5.70. The molecule has 0 spiro atoms. The summed E-state index contributed by atoms with van der Waals surface area (Å²) in [5.74, 6) is 0. The molecule has 1 saturated carbocycles. The van der Waals surface area contributed by atoms with Crippen LogP contribution in [-0.2, 0) is 26.6 Å². The minimum Gasteiger partial charge on any atom is -0.366 e. The van der Waals surface area contributed by atoms with Crippen molar-refractivity contribution >= 4 is 16.7 Å². The molecular weight excluding hydrogens is 398 g/mol. The van der Waals surface area contributed by atoms with Gasteiger partial charge < -0.3 is 10.2 Å². The van der Waals surface area contributed by atoms with Crippen molar-refractivity contribution in [3.63, 3.8) is 0 Å². The van der Waals surface area contributed by atoms with Gasteiger partial charge in [-0.05, 0) is 59.1 Å². The molecule has 3 aromatic rings. The van der Waals surface area contributed by atoms with Gasteiger partial charge in [0, 0.05) is 55.6 Å². The van der Waals surface area contributed by atoms with E-state index in [0.29, 0.717) is 5.54 Å². The van der Waals surface area contributed by atoms with Gasteiger partial charge in [-0.1, -0.05) is 12.8 Å². The van der Waals surface area contributed by atoms with E-state index in [9.17, 15) is 0 Å². The molecule has 3 aromatic heterocycles. The Morgan fingerprint density at radius 1 is 1.16 bits per heavy atom. The second-order valence-corrected chi connectivity index (χ2v) is 9.89. The fourth-order valence-electron chi connectivity index (χ4n) is 5.94. The standard InChI is InChI=1S/C25H37N7/c1-18-15-23(20-16-27-30(4)24(20)28-18)31-14-9-22-21(17-31)19(2)29-32(22)13-8-7-12-25(26-3)10-5-6-11-25/h15-16,26H,5-14,17H2,1-4H3. The topological polar surface area (TPSA) is 63.8 Å². The van der Waals surface area contributed by atoms with Crippen LogP contribution in [0, 0.1) is 13.8 Å². The van der Waals surface area contributed by atoms with Crippen molar-refractivity contribution in [2.75, 3.05) is 18.5 Å². The zero-order chi connectivity index (χ0) is 22.3. The molecule has 0 atom stereocenters. The molecule has 7 nitrogen and oxygen atoms in total. The van der Waals surface area contributed by atoms with Gasteiger partial charge in [0.1, 0.15) is 0 Å². The zero-order valence-corrected chi connectivity index (χ0v) is 20.1. The van der Waals surface area contributed by atoms with Crippen molar-refractivity contribution < 1.29 is 0 Å². The first-order chi connectivity index (χ1) is 15.5. The third-order valence-corrected chi connectivity index (χ3v) is 7.85. The van der Waals surface area contributed by atoms with Gasteiger partial charge in [0.15, 0.2) is 5.65 Å². The highest BCUT2D eigenvalue weighted by atomic mass is 15.3. The Labute approximate surface area is 191 Å². The zero-order valence-electron chi connectivity index (χ0n) is 20.1. The van der Waals surface area contributed by atoms with E-state index < -0.39 is 0 Å². The van der Waals surface area contributed by atoms with Crippen LogP contribution in [0.4, 0.5) is 5.69 Å². The van der Waals surface area contributed by atoms with Crippen molar-refractivity contribution in [3.05, 3.63) is 34.9 Å². The van der Waals surface area contributed by atoms with Gasteiger partial charge in [0.25, 0.3) is 0 Å². The number of rotatable bonds is 7. The molecule has 0 saturated heterocycles. The molecule has 4 heterocycles. The predicted molar refractivity (Wildman–Crippen MR) is 129 cm³/mol. The summed E-state index contributed by atoms with van der Waals surface area (Å²) in [6.45, 7) is 7.20. The summed E-state index contributed by atoms with van der Waals surface area (Å²) < 4.78 is 4.18. The molecule has 2 aliphatic rings. The fraction of sp³-hybridized carbons (Fsp3) is 0.640. The Hall–Kier alpha value is -2.41. The predicted octanol–water partition coefficient (Wildman–Crippen LogP) is 4.05. The third-order valence-electron chi connectivity index (χ3n) is 7.85. The lowest BCUT2D eigenvalue weighted by Crippen LogP contribution is -2.39. The van der Waals surface area contributed by atoms with E-state index in [1.54, 1.807) is 0 Å². The lowest BCUT2D eigenvalue weighted by molar-refractivity contribution is 0.316. The number of nitrogens with zero attached hydrogens (tertiary/aromatic N) is 6. The molecule has 32 heavy (non-hydrogen) atoms. The van der Waals surface area contributed by atoms with Gasteiger partial charge in [-0.25, -0.2) is 4.98 Å². The molecule has 0 unspecified atom stereocenters. The number of aromatic nitrogens is 5. The lowest BCUT2D eigenvalue weighted by atomic mass is 9.91. The number of fused-ring (bicyclic) bond motifs is 2. The monoisotopic (exact) mass is 435 g/mol. The number of hydrogen-bond donors (Lipinski definition) is 1. The molecule has 1 N–H and O–H groups in total. The average molecular weight is 436 g/mol. The highest BCUT2D eigenvalue weighted by molar-refractivity contribution is 5.89. The second kappa shape index (κ2) is 8.50. The molecule has 5 rings (SSSR count). The van der Waals surface area contributed by atoms with Crippen LogP contribution in [0.25, 0.3) is 11.0 Å². The van der Waals surface area contributed by atoms with Gasteiger partial charge in [0.2, 0.25) is 0 Å². The van der Waals surface area contributed by atoms with E-state index in [2.05, 4.69) is 47.0 Å². The van der Waals surface area contributed by atoms with Crippen molar-refractivity contribution in [3.8, 4) is 0 Å². The number of nitrogens with one attached hydrogen (secondary N) is 1. The van der Waals surface area contributed by atoms with E-state index in [0.717, 1.165) is 42.8 Å². The summed E-state index contributed by atoms with van der Waals surface area (Å²) in [6, 6.07) is 2.20. The number of hydrogen-bond acceptors (Lipinski definition) is 5. The third kappa shape index (κ3) is 3.81. The van der Waals surface area contributed by atoms with Crippen LogP contribution in [0.3, 0.4) is 0 Å². The summed E-state index contributed by atoms with van der Waals surface area (Å²) in [5, 5.41) is 14.2. The van der Waals surface area contributed by atoms with Crippen LogP contribution in [0.1, 0.15) is 67.6 Å². The molecule has 172 valence electrons. The molecule has 7 heteroatoms. The van der Waals surface area contributed by atoms with E-state index in [1.807, 2.05) is 17.9 Å². The van der Waals surface area contributed by atoms with Crippen molar-refractivity contribution in [2.24, 2.45) is 7.05 Å². The second-order valence-electron chi connectivity index (χ2n) is 9.89. The van der Waals surface area contributed by atoms with Gasteiger partial charge in [-0.15, -0.1) is 0 Å². The van der Waals surface area contributed by atoms with E-state index in [-0.39, 0.29) is 0 Å². The summed E-state index contributed by atoms with van der Waals surface area (Å²) in [7, 11) is 4.11. The SMILES string of the molecule is CNC1(CCCCn2nc(C)c3c2CCN(c2cc(C)nc4c2cnn4C)C3)CCCC1. The first-order valence-electron chi connectivity index (χ1n) is 12.3. The fourth-order valence-corrected chi connectivity index (χ4v) is 5.94. The van der Waals surface area contributed by atoms with Gasteiger partial charge in [-0.2, -0.15) is 10.2 Å². The summed E-state index contributed by atoms with van der Waals surface area (Å²) in [6.07, 6.45) is 12.2. The Morgan fingerprint density at radius 3 is 2.75 bits per heavy atom. The number of aryl methyl sites for hydroxylation is 4. The summed E-state index contributed by atoms with van der Waals surface area (Å²) in [4.78, 5) is 7.17. The van der Waals surface area contributed by atoms with Crippen LogP contribution in [-0.4, -0.2) is 43.7 Å². The molecule has 1 aliphatic carbocycles. The Bertz CT molecular complexity index is 1100. The lowest BCUT2D eigenvalue weighted by Gasteiger charge is -2.30. The maximum Gasteiger partial charge on any atom is 0.159 e. The first-order valence-corrected chi connectivity index (χ1v) is 12.3. The maximum absolute atomic E-state index is 4.96. The van der Waals surface area contributed by atoms with E-state index in [1.165, 1.54) is 67.6 Å². The molecule has 0 amide bonds. The van der Waals surface area contributed by atoms with Crippen molar-refractivity contribution in [1.82, 2.24) is 29.9 Å². The summed E-state index contributed by atoms with van der Waals surface area (Å²) >= 11 is 0. The molecule has 0 aromatic carbocycles. The Balaban J connectivity index is 1.28. The molecular formula is C25H37N7. The van der Waals surface area contributed by atoms with Crippen LogP contribution < -0.4 is 10.2 Å². The summed E-state index contributed by atoms with van der Waals surface area (Å²) in [5.41, 5.74) is 7.67. The van der Waals surface area contributed by atoms with Gasteiger partial charge >= 0.3 is 0 Å². The molecule has 0 radical (unpaired) electrons. The Morgan fingerprint density at radius 2 is 1.97 bits per heavy atom. The van der Waals surface area contributed by atoms with Crippen molar-refractivity contribution in [2.45, 2.75) is 83.8 Å². The smallest absolute Gasteiger partial charge is 0.159 e. The van der Waals surface area contributed by atoms with Gasteiger partial charge in [0.05, 0.1) is 23.0 Å². The quantitative estimate of drug-likeness (QED) is 0.567. The number of unbranched alkanes of at least 4 members (excludes halogenated alkanes) is 1. The highest BCUT2D eigenvalue weighted by Gasteiger charge is 2.31. The van der Waals surface area contributed by atoms with Crippen LogP contribution >= 0.6 is 0 Å². The van der Waals surface area contributed by atoms with Gasteiger partial charge in [-0.3, -0.25) is 9.36 Å². The minimum absolute atomic E-state index is 0.403. The average Bonchev–Trinajstić information content (AvgIpc) is 3.50. The minimum atomic E-state index is 0.403. The van der Waals surface area contributed by atoms with Crippen LogP contribution in [0.15, 0.2) is 12.3 Å². The maximum atomic E-state index is 4.96. The van der Waals surface area contributed by atoms with E-state index in [4.69, 9.17) is 10.1 Å². The molecule has 1 fully saturated rings. The largest absolute Gasteiger partial charge is 0.366 e. The first kappa shape index (κ1) is 21.4. The number of pyridine rings is 1. The normalized spacial score (nSPS) is 17.9. The van der Waals surface area contributed by atoms with Crippen LogP contribution in [0.2, 0.25) is 0 Å². The molecule has 0 bridgehead atoms. The highest BCUT2D eigenvalue weighted by Crippen LogP contribution is 2.34.